The van der Waals surface area contributed by atoms with E-state index in [4.69, 9.17) is 10.5 Å². The highest BCUT2D eigenvalue weighted by Crippen LogP contribution is 2.31. The fourth-order valence-electron chi connectivity index (χ4n) is 2.00. The van der Waals surface area contributed by atoms with Crippen LogP contribution in [0, 0.1) is 5.82 Å². The summed E-state index contributed by atoms with van der Waals surface area (Å²) in [6, 6.07) is 2.75. The lowest BCUT2D eigenvalue weighted by Crippen LogP contribution is -2.33. The van der Waals surface area contributed by atoms with Gasteiger partial charge in [0.1, 0.15) is 0 Å². The monoisotopic (exact) mass is 253 g/mol. The molecule has 1 heterocycles. The van der Waals surface area contributed by atoms with Crippen LogP contribution in [-0.4, -0.2) is 32.7 Å². The maximum absolute atomic E-state index is 13.5. The molecule has 6 heteroatoms. The molecule has 1 aliphatic rings. The van der Waals surface area contributed by atoms with Gasteiger partial charge < -0.3 is 20.7 Å². The molecule has 1 aromatic carbocycles. The van der Waals surface area contributed by atoms with E-state index in [2.05, 4.69) is 5.32 Å². The average Bonchev–Trinajstić information content (AvgIpc) is 2.54. The summed E-state index contributed by atoms with van der Waals surface area (Å²) in [6.07, 6.45) is 0.824. The first kappa shape index (κ1) is 12.5. The fraction of sp³-hybridized carbons (Fsp3) is 0.417. The van der Waals surface area contributed by atoms with Crippen molar-refractivity contribution in [1.29, 1.82) is 0 Å². The van der Waals surface area contributed by atoms with Crippen LogP contribution < -0.4 is 20.7 Å². The number of nitrogens with one attached hydrogen (secondary N) is 1. The Morgan fingerprint density at radius 2 is 2.28 bits per heavy atom. The molecule has 1 aliphatic heterocycles. The van der Waals surface area contributed by atoms with Crippen LogP contribution in [0.4, 0.5) is 15.8 Å². The van der Waals surface area contributed by atoms with E-state index in [1.807, 2.05) is 4.90 Å². The molecule has 0 aliphatic carbocycles. The molecule has 18 heavy (non-hydrogen) atoms. The van der Waals surface area contributed by atoms with Crippen LogP contribution in [0.3, 0.4) is 0 Å². The molecule has 2 rings (SSSR count). The number of benzene rings is 1. The van der Waals surface area contributed by atoms with Crippen molar-refractivity contribution in [2.75, 3.05) is 37.4 Å². The Morgan fingerprint density at radius 1 is 1.50 bits per heavy atom. The minimum Gasteiger partial charge on any atom is -0.494 e. The molecule has 1 fully saturated rings. The third-order valence-corrected chi connectivity index (χ3v) is 2.90. The molecule has 0 unspecified atom stereocenters. The van der Waals surface area contributed by atoms with Gasteiger partial charge >= 0.3 is 0 Å². The van der Waals surface area contributed by atoms with Crippen molar-refractivity contribution in [1.82, 2.24) is 5.32 Å². The van der Waals surface area contributed by atoms with Crippen LogP contribution >= 0.6 is 0 Å². The second-order valence-corrected chi connectivity index (χ2v) is 4.17. The molecule has 0 spiro atoms. The van der Waals surface area contributed by atoms with Gasteiger partial charge in [0.2, 0.25) is 5.91 Å². The topological polar surface area (TPSA) is 67.6 Å². The van der Waals surface area contributed by atoms with Gasteiger partial charge in [-0.1, -0.05) is 0 Å². The van der Waals surface area contributed by atoms with E-state index >= 15 is 0 Å². The maximum atomic E-state index is 13.5. The SMILES string of the molecule is COc1cc(N2CCCNC(=O)C2)c(N)cc1F. The summed E-state index contributed by atoms with van der Waals surface area (Å²) in [5.74, 6) is -0.433. The highest BCUT2D eigenvalue weighted by Gasteiger charge is 2.19. The Morgan fingerprint density at radius 3 is 3.00 bits per heavy atom. The number of methoxy groups -OCH3 is 1. The minimum atomic E-state index is -0.502. The van der Waals surface area contributed by atoms with Crippen molar-refractivity contribution in [2.45, 2.75) is 6.42 Å². The minimum absolute atomic E-state index is 0.0600. The molecule has 0 aromatic heterocycles. The lowest BCUT2D eigenvalue weighted by molar-refractivity contribution is -0.119. The Hall–Kier alpha value is -1.98. The van der Waals surface area contributed by atoms with Gasteiger partial charge in [0.05, 0.1) is 25.0 Å². The van der Waals surface area contributed by atoms with Crippen LogP contribution in [0.1, 0.15) is 6.42 Å². The third kappa shape index (κ3) is 2.47. The first-order chi connectivity index (χ1) is 8.61. The molecule has 3 N–H and O–H groups in total. The van der Waals surface area contributed by atoms with Gasteiger partial charge in [0, 0.05) is 25.2 Å². The van der Waals surface area contributed by atoms with Gasteiger partial charge in [-0.2, -0.15) is 0 Å². The highest BCUT2D eigenvalue weighted by atomic mass is 19.1. The third-order valence-electron chi connectivity index (χ3n) is 2.90. The summed E-state index contributed by atoms with van der Waals surface area (Å²) in [4.78, 5) is 13.3. The maximum Gasteiger partial charge on any atom is 0.239 e. The zero-order valence-corrected chi connectivity index (χ0v) is 10.2. The summed E-state index contributed by atoms with van der Waals surface area (Å²) in [5, 5.41) is 2.78. The number of nitrogens with zero attached hydrogens (tertiary/aromatic N) is 1. The van der Waals surface area contributed by atoms with Crippen molar-refractivity contribution >= 4 is 17.3 Å². The summed E-state index contributed by atoms with van der Waals surface area (Å²) >= 11 is 0. The Labute approximate surface area is 105 Å². The van der Waals surface area contributed by atoms with Gasteiger partial charge in [-0.25, -0.2) is 4.39 Å². The summed E-state index contributed by atoms with van der Waals surface area (Å²) in [5.41, 5.74) is 6.74. The Balaban J connectivity index is 2.33. The number of halogens is 1. The predicted molar refractivity (Wildman–Crippen MR) is 67.2 cm³/mol. The smallest absolute Gasteiger partial charge is 0.239 e. The Bertz CT molecular complexity index is 465. The zero-order valence-electron chi connectivity index (χ0n) is 10.2. The van der Waals surface area contributed by atoms with E-state index in [1.165, 1.54) is 19.2 Å². The summed E-state index contributed by atoms with van der Waals surface area (Å²) in [7, 11) is 1.40. The molecule has 0 atom stereocenters. The average molecular weight is 253 g/mol. The quantitative estimate of drug-likeness (QED) is 0.763. The van der Waals surface area contributed by atoms with Crippen molar-refractivity contribution < 1.29 is 13.9 Å². The number of amides is 1. The van der Waals surface area contributed by atoms with Crippen LogP contribution in [0.25, 0.3) is 0 Å². The lowest BCUT2D eigenvalue weighted by Gasteiger charge is -2.23. The Kier molecular flexibility index (Phi) is 3.55. The predicted octanol–water partition coefficient (Wildman–Crippen LogP) is 0.743. The molecular weight excluding hydrogens is 237 g/mol. The van der Waals surface area contributed by atoms with E-state index in [1.54, 1.807) is 0 Å². The summed E-state index contributed by atoms with van der Waals surface area (Å²) < 4.78 is 18.4. The molecule has 0 bridgehead atoms. The van der Waals surface area contributed by atoms with Gasteiger partial charge in [-0.05, 0) is 6.42 Å². The molecule has 1 aromatic rings. The number of ether oxygens (including phenoxy) is 1. The first-order valence-corrected chi connectivity index (χ1v) is 5.76. The second kappa shape index (κ2) is 5.12. The number of rotatable bonds is 2. The van der Waals surface area contributed by atoms with Gasteiger partial charge in [0.25, 0.3) is 0 Å². The van der Waals surface area contributed by atoms with Crippen LogP contribution in [-0.2, 0) is 4.79 Å². The molecule has 5 nitrogen and oxygen atoms in total. The number of carbonyl (C=O) groups excluding carboxylic acids is 1. The molecule has 0 radical (unpaired) electrons. The largest absolute Gasteiger partial charge is 0.494 e. The summed E-state index contributed by atoms with van der Waals surface area (Å²) in [6.45, 7) is 1.56. The van der Waals surface area contributed by atoms with E-state index in [-0.39, 0.29) is 18.2 Å². The van der Waals surface area contributed by atoms with Crippen molar-refractivity contribution in [2.24, 2.45) is 0 Å². The number of carbonyl (C=O) groups is 1. The van der Waals surface area contributed by atoms with Gasteiger partial charge in [0.15, 0.2) is 11.6 Å². The molecule has 0 saturated carbocycles. The normalized spacial score (nSPS) is 16.1. The lowest BCUT2D eigenvalue weighted by atomic mass is 10.2. The first-order valence-electron chi connectivity index (χ1n) is 5.76. The van der Waals surface area contributed by atoms with Gasteiger partial charge in [-0.15, -0.1) is 0 Å². The van der Waals surface area contributed by atoms with Crippen LogP contribution in [0.5, 0.6) is 5.75 Å². The highest BCUT2D eigenvalue weighted by molar-refractivity contribution is 5.83. The molecule has 1 saturated heterocycles. The van der Waals surface area contributed by atoms with Crippen LogP contribution in [0.2, 0.25) is 0 Å². The standard InChI is InChI=1S/C12H16FN3O2/c1-18-11-6-10(9(14)5-8(11)13)16-4-2-3-15-12(17)7-16/h5-6H,2-4,7,14H2,1H3,(H,15,17). The van der Waals surface area contributed by atoms with E-state index in [0.717, 1.165) is 6.42 Å². The molecular formula is C12H16FN3O2. The number of nitrogen functional groups attached to an aromatic ring is 1. The van der Waals surface area contributed by atoms with E-state index < -0.39 is 5.82 Å². The van der Waals surface area contributed by atoms with Crippen LogP contribution in [0.15, 0.2) is 12.1 Å². The fourth-order valence-corrected chi connectivity index (χ4v) is 2.00. The number of anilines is 2. The zero-order chi connectivity index (χ0) is 13.1. The number of hydrogen-bond acceptors (Lipinski definition) is 4. The van der Waals surface area contributed by atoms with Crippen molar-refractivity contribution in [3.63, 3.8) is 0 Å². The van der Waals surface area contributed by atoms with Crippen molar-refractivity contribution in [3.8, 4) is 5.75 Å². The number of nitrogens with two attached hydrogens (primary N) is 1. The number of hydrogen-bond donors (Lipinski definition) is 2. The molecule has 1 amide bonds. The van der Waals surface area contributed by atoms with Gasteiger partial charge in [-0.3, -0.25) is 4.79 Å². The molecule has 98 valence electrons. The van der Waals surface area contributed by atoms with Crippen molar-refractivity contribution in [3.05, 3.63) is 17.9 Å². The van der Waals surface area contributed by atoms with E-state index in [9.17, 15) is 9.18 Å². The van der Waals surface area contributed by atoms with E-state index in [0.29, 0.717) is 24.5 Å². The second-order valence-electron chi connectivity index (χ2n) is 4.17.